The molecule has 5 rings (SSSR count). The van der Waals surface area contributed by atoms with Gasteiger partial charge < -0.3 is 20.7 Å². The van der Waals surface area contributed by atoms with E-state index in [-0.39, 0.29) is 30.7 Å². The van der Waals surface area contributed by atoms with Gasteiger partial charge in [-0.15, -0.1) is 5.10 Å². The zero-order chi connectivity index (χ0) is 26.9. The number of benzene rings is 2. The highest BCUT2D eigenvalue weighted by molar-refractivity contribution is 5.92. The molecular formula is C28H34N6O4. The predicted molar refractivity (Wildman–Crippen MR) is 141 cm³/mol. The molecule has 3 aromatic rings. The average molecular weight is 519 g/mol. The minimum Gasteiger partial charge on any atom is -0.492 e. The molecule has 2 atom stereocenters. The maximum absolute atomic E-state index is 13.4. The molecule has 2 aliphatic heterocycles. The first-order valence-corrected chi connectivity index (χ1v) is 12.9. The quantitative estimate of drug-likeness (QED) is 0.452. The first-order chi connectivity index (χ1) is 18.4. The third-order valence-electron chi connectivity index (χ3n) is 6.18. The summed E-state index contributed by atoms with van der Waals surface area (Å²) in [4.78, 5) is 39.5. The highest BCUT2D eigenvalue weighted by Gasteiger charge is 2.28. The van der Waals surface area contributed by atoms with Crippen molar-refractivity contribution in [2.24, 2.45) is 5.92 Å². The fourth-order valence-corrected chi connectivity index (χ4v) is 4.26. The summed E-state index contributed by atoms with van der Waals surface area (Å²) in [5, 5.41) is 16.8. The Morgan fingerprint density at radius 2 is 1.74 bits per heavy atom. The van der Waals surface area contributed by atoms with E-state index in [1.54, 1.807) is 10.9 Å². The Kier molecular flexibility index (Phi) is 9.07. The first kappa shape index (κ1) is 26.8. The van der Waals surface area contributed by atoms with Crippen LogP contribution in [0.5, 0.6) is 5.75 Å². The molecule has 3 N–H and O–H groups in total. The van der Waals surface area contributed by atoms with E-state index in [9.17, 15) is 14.4 Å². The SMILES string of the molecule is CC(C)C[C@H]1NC(=O)Cc2ccc(cc2)OCCn2cc(nn2)CNC(=O)[C@@H](Cc2ccccc2)NC1=O. The van der Waals surface area contributed by atoms with Crippen molar-refractivity contribution in [1.82, 2.24) is 30.9 Å². The monoisotopic (exact) mass is 518 g/mol. The van der Waals surface area contributed by atoms with Crippen LogP contribution < -0.4 is 20.7 Å². The number of carbonyl (C=O) groups is 3. The number of hydrogen-bond donors (Lipinski definition) is 3. The molecule has 0 aliphatic carbocycles. The van der Waals surface area contributed by atoms with Crippen molar-refractivity contribution in [1.29, 1.82) is 0 Å². The number of amides is 3. The molecule has 2 aromatic carbocycles. The van der Waals surface area contributed by atoms with Gasteiger partial charge in [0.05, 0.1) is 25.7 Å². The third-order valence-corrected chi connectivity index (χ3v) is 6.18. The largest absolute Gasteiger partial charge is 0.492 e. The van der Waals surface area contributed by atoms with Crippen molar-refractivity contribution in [2.75, 3.05) is 6.61 Å². The van der Waals surface area contributed by atoms with E-state index in [0.29, 0.717) is 37.4 Å². The molecule has 200 valence electrons. The minimum atomic E-state index is -0.835. The van der Waals surface area contributed by atoms with Crippen LogP contribution >= 0.6 is 0 Å². The number of nitrogens with one attached hydrogen (secondary N) is 3. The maximum Gasteiger partial charge on any atom is 0.243 e. The minimum absolute atomic E-state index is 0.123. The van der Waals surface area contributed by atoms with Crippen molar-refractivity contribution in [3.8, 4) is 5.75 Å². The summed E-state index contributed by atoms with van der Waals surface area (Å²) in [6.07, 6.45) is 2.62. The first-order valence-electron chi connectivity index (χ1n) is 12.9. The molecule has 4 bridgehead atoms. The molecule has 0 radical (unpaired) electrons. The Balaban J connectivity index is 1.58. The van der Waals surface area contributed by atoms with E-state index in [2.05, 4.69) is 26.3 Å². The van der Waals surface area contributed by atoms with E-state index in [0.717, 1.165) is 11.1 Å². The molecule has 0 saturated carbocycles. The molecular weight excluding hydrogens is 484 g/mol. The van der Waals surface area contributed by atoms with Gasteiger partial charge in [0.15, 0.2) is 0 Å². The Bertz CT molecular complexity index is 1230. The van der Waals surface area contributed by atoms with Gasteiger partial charge >= 0.3 is 0 Å². The van der Waals surface area contributed by atoms with E-state index in [1.807, 2.05) is 68.4 Å². The van der Waals surface area contributed by atoms with E-state index in [1.165, 1.54) is 0 Å². The lowest BCUT2D eigenvalue weighted by atomic mass is 10.0. The van der Waals surface area contributed by atoms with Crippen LogP contribution in [0.1, 0.15) is 37.1 Å². The number of aromatic nitrogens is 3. The van der Waals surface area contributed by atoms with Crippen molar-refractivity contribution >= 4 is 17.7 Å². The van der Waals surface area contributed by atoms with Gasteiger partial charge in [0.1, 0.15) is 30.1 Å². The van der Waals surface area contributed by atoms with E-state index in [4.69, 9.17) is 4.74 Å². The molecule has 10 nitrogen and oxygen atoms in total. The number of ether oxygens (including phenoxy) is 1. The van der Waals surface area contributed by atoms with Gasteiger partial charge in [0.25, 0.3) is 0 Å². The van der Waals surface area contributed by atoms with Crippen molar-refractivity contribution in [3.63, 3.8) is 0 Å². The molecule has 0 saturated heterocycles. The number of carbonyl (C=O) groups excluding carboxylic acids is 3. The smallest absolute Gasteiger partial charge is 0.243 e. The molecule has 3 amide bonds. The van der Waals surface area contributed by atoms with Crippen LogP contribution in [0.2, 0.25) is 0 Å². The predicted octanol–water partition coefficient (Wildman–Crippen LogP) is 1.79. The van der Waals surface area contributed by atoms with E-state index < -0.39 is 18.0 Å². The summed E-state index contributed by atoms with van der Waals surface area (Å²) in [7, 11) is 0. The molecule has 38 heavy (non-hydrogen) atoms. The molecule has 3 heterocycles. The molecule has 10 heteroatoms. The topological polar surface area (TPSA) is 127 Å². The van der Waals surface area contributed by atoms with Crippen molar-refractivity contribution in [3.05, 3.63) is 77.6 Å². The number of rotatable bonds is 4. The Morgan fingerprint density at radius 1 is 0.974 bits per heavy atom. The van der Waals surface area contributed by atoms with Gasteiger partial charge in [-0.1, -0.05) is 61.5 Å². The Hall–Kier alpha value is -4.21. The third kappa shape index (κ3) is 7.89. The summed E-state index contributed by atoms with van der Waals surface area (Å²) < 4.78 is 7.44. The number of hydrogen-bond acceptors (Lipinski definition) is 6. The molecule has 0 fully saturated rings. The van der Waals surface area contributed by atoms with Gasteiger partial charge in [-0.25, -0.2) is 4.68 Å². The van der Waals surface area contributed by atoms with Crippen LogP contribution in [0.15, 0.2) is 60.8 Å². The highest BCUT2D eigenvalue weighted by atomic mass is 16.5. The van der Waals surface area contributed by atoms with Gasteiger partial charge in [-0.3, -0.25) is 14.4 Å². The summed E-state index contributed by atoms with van der Waals surface area (Å²) in [6.45, 7) is 4.99. The summed E-state index contributed by atoms with van der Waals surface area (Å²) >= 11 is 0. The zero-order valence-corrected chi connectivity index (χ0v) is 21.7. The second-order valence-corrected chi connectivity index (χ2v) is 9.86. The normalized spacial score (nSPS) is 19.3. The second-order valence-electron chi connectivity index (χ2n) is 9.86. The molecule has 1 aromatic heterocycles. The molecule has 0 unspecified atom stereocenters. The van der Waals surface area contributed by atoms with Crippen LogP contribution in [0.3, 0.4) is 0 Å². The van der Waals surface area contributed by atoms with Crippen LogP contribution in [-0.4, -0.2) is 51.4 Å². The fourth-order valence-electron chi connectivity index (χ4n) is 4.26. The van der Waals surface area contributed by atoms with Gasteiger partial charge in [0.2, 0.25) is 17.7 Å². The number of nitrogens with zero attached hydrogens (tertiary/aromatic N) is 3. The van der Waals surface area contributed by atoms with Gasteiger partial charge in [0, 0.05) is 6.42 Å². The summed E-state index contributed by atoms with van der Waals surface area (Å²) in [5.74, 6) is -0.178. The maximum atomic E-state index is 13.4. The lowest BCUT2D eigenvalue weighted by Gasteiger charge is -2.24. The summed E-state index contributed by atoms with van der Waals surface area (Å²) in [6, 6.07) is 15.2. The van der Waals surface area contributed by atoms with E-state index >= 15 is 0 Å². The second kappa shape index (κ2) is 12.8. The van der Waals surface area contributed by atoms with Crippen LogP contribution in [0.4, 0.5) is 0 Å². The van der Waals surface area contributed by atoms with Crippen molar-refractivity contribution in [2.45, 2.75) is 58.3 Å². The van der Waals surface area contributed by atoms with Gasteiger partial charge in [-0.2, -0.15) is 0 Å². The fraction of sp³-hybridized carbons (Fsp3) is 0.393. The highest BCUT2D eigenvalue weighted by Crippen LogP contribution is 2.14. The van der Waals surface area contributed by atoms with Crippen LogP contribution in [-0.2, 0) is 40.3 Å². The Morgan fingerprint density at radius 3 is 2.47 bits per heavy atom. The van der Waals surface area contributed by atoms with Gasteiger partial charge in [-0.05, 0) is 35.6 Å². The number of fused-ring (bicyclic) bond motifs is 13. The van der Waals surface area contributed by atoms with Crippen LogP contribution in [0, 0.1) is 5.92 Å². The zero-order valence-electron chi connectivity index (χ0n) is 21.7. The average Bonchev–Trinajstić information content (AvgIpc) is 3.35. The standard InChI is InChI=1S/C28H34N6O4/c1-19(2)14-24-28(37)31-25(15-20-6-4-3-5-7-20)27(36)29-17-22-18-34(33-32-22)12-13-38-23-10-8-21(9-11-23)16-26(35)30-24/h3-11,18-19,24-25H,12-17H2,1-2H3,(H,29,36)(H,30,35)(H,31,37)/t24-,25-/m1/s1. The summed E-state index contributed by atoms with van der Waals surface area (Å²) in [5.41, 5.74) is 2.29. The molecule has 2 aliphatic rings. The Labute approximate surface area is 222 Å². The van der Waals surface area contributed by atoms with Crippen molar-refractivity contribution < 1.29 is 19.1 Å². The lowest BCUT2D eigenvalue weighted by molar-refractivity contribution is -0.132. The molecule has 0 spiro atoms. The lowest BCUT2D eigenvalue weighted by Crippen LogP contribution is -2.54. The van der Waals surface area contributed by atoms with Crippen LogP contribution in [0.25, 0.3) is 0 Å².